The van der Waals surface area contributed by atoms with Gasteiger partial charge in [-0.1, -0.05) is 28.1 Å². The van der Waals surface area contributed by atoms with Crippen LogP contribution in [0.25, 0.3) is 0 Å². The molecule has 1 nitrogen and oxygen atoms in total. The molecule has 1 N–H and O–H groups in total. The lowest BCUT2D eigenvalue weighted by molar-refractivity contribution is 0.383. The predicted octanol–water partition coefficient (Wildman–Crippen LogP) is 2.79. The van der Waals surface area contributed by atoms with Gasteiger partial charge in [-0.15, -0.1) is 0 Å². The molecule has 1 heterocycles. The van der Waals surface area contributed by atoms with Crippen molar-refractivity contribution in [2.24, 2.45) is 0 Å². The summed E-state index contributed by atoms with van der Waals surface area (Å²) in [6.45, 7) is 3.30. The van der Waals surface area contributed by atoms with E-state index in [1.165, 1.54) is 28.6 Å². The van der Waals surface area contributed by atoms with Crippen molar-refractivity contribution in [3.63, 3.8) is 0 Å². The minimum absolute atomic E-state index is 0.608. The fourth-order valence-electron chi connectivity index (χ4n) is 1.46. The highest BCUT2D eigenvalue weighted by atomic mass is 79.9. The summed E-state index contributed by atoms with van der Waals surface area (Å²) in [5.74, 6) is 0. The van der Waals surface area contributed by atoms with Crippen LogP contribution in [0.15, 0.2) is 22.7 Å². The monoisotopic (exact) mass is 225 g/mol. The first kappa shape index (κ1) is 8.27. The summed E-state index contributed by atoms with van der Waals surface area (Å²) in [6, 6.07) is 7.18. The van der Waals surface area contributed by atoms with Crippen LogP contribution in [-0.4, -0.2) is 6.54 Å². The minimum atomic E-state index is 0.608. The Morgan fingerprint density at radius 1 is 1.50 bits per heavy atom. The second-order valence-electron chi connectivity index (χ2n) is 3.30. The molecular formula is C10H12BrN. The molecule has 2 heteroatoms. The molecule has 12 heavy (non-hydrogen) atoms. The van der Waals surface area contributed by atoms with E-state index in [1.807, 2.05) is 0 Å². The lowest BCUT2D eigenvalue weighted by Gasteiger charge is -2.28. The molecule has 1 unspecified atom stereocenters. The smallest absolute Gasteiger partial charge is 0.0332 e. The zero-order valence-electron chi connectivity index (χ0n) is 7.10. The molecule has 0 spiro atoms. The third-order valence-corrected chi connectivity index (χ3v) is 3.30. The van der Waals surface area contributed by atoms with Gasteiger partial charge in [-0.3, -0.25) is 0 Å². The second-order valence-corrected chi connectivity index (χ2v) is 4.16. The first-order chi connectivity index (χ1) is 5.77. The van der Waals surface area contributed by atoms with E-state index in [9.17, 15) is 0 Å². The van der Waals surface area contributed by atoms with Gasteiger partial charge >= 0.3 is 0 Å². The van der Waals surface area contributed by atoms with E-state index in [0.29, 0.717) is 6.04 Å². The Morgan fingerprint density at radius 2 is 2.25 bits per heavy atom. The van der Waals surface area contributed by atoms with E-state index in [-0.39, 0.29) is 0 Å². The molecule has 0 radical (unpaired) electrons. The molecule has 0 bridgehead atoms. The molecule has 1 aliphatic rings. The third kappa shape index (κ3) is 1.41. The highest BCUT2D eigenvalue weighted by Crippen LogP contribution is 2.26. The molecule has 64 valence electrons. The number of benzene rings is 1. The third-order valence-electron chi connectivity index (χ3n) is 2.41. The molecule has 0 aromatic heterocycles. The predicted molar refractivity (Wildman–Crippen MR) is 54.2 cm³/mol. The Balaban J connectivity index is 2.27. The summed E-state index contributed by atoms with van der Waals surface area (Å²) in [5.41, 5.74) is 2.74. The number of hydrogen-bond donors (Lipinski definition) is 1. The SMILES string of the molecule is Cc1cc(C2CCN2)ccc1Br. The molecule has 1 fully saturated rings. The maximum Gasteiger partial charge on any atom is 0.0332 e. The average Bonchev–Trinajstić information content (AvgIpc) is 1.93. The van der Waals surface area contributed by atoms with Crippen molar-refractivity contribution >= 4 is 15.9 Å². The van der Waals surface area contributed by atoms with Crippen molar-refractivity contribution in [1.82, 2.24) is 5.32 Å². The van der Waals surface area contributed by atoms with Crippen LogP contribution in [0.2, 0.25) is 0 Å². The van der Waals surface area contributed by atoms with E-state index >= 15 is 0 Å². The zero-order chi connectivity index (χ0) is 8.55. The normalized spacial score (nSPS) is 22.0. The summed E-state index contributed by atoms with van der Waals surface area (Å²) in [7, 11) is 0. The van der Waals surface area contributed by atoms with Crippen molar-refractivity contribution in [2.75, 3.05) is 6.54 Å². The van der Waals surface area contributed by atoms with E-state index in [4.69, 9.17) is 0 Å². The molecule has 1 aromatic carbocycles. The standard InChI is InChI=1S/C10H12BrN/c1-7-6-8(2-3-9(7)11)10-4-5-12-10/h2-3,6,10,12H,4-5H2,1H3. The van der Waals surface area contributed by atoms with Gasteiger partial charge in [-0.05, 0) is 37.1 Å². The molecule has 1 saturated heterocycles. The number of nitrogens with one attached hydrogen (secondary N) is 1. The van der Waals surface area contributed by atoms with E-state index in [2.05, 4.69) is 46.4 Å². The van der Waals surface area contributed by atoms with Gasteiger partial charge in [0.05, 0.1) is 0 Å². The van der Waals surface area contributed by atoms with Gasteiger partial charge in [0.25, 0.3) is 0 Å². The summed E-state index contributed by atoms with van der Waals surface area (Å²) in [4.78, 5) is 0. The van der Waals surface area contributed by atoms with Crippen LogP contribution >= 0.6 is 15.9 Å². The van der Waals surface area contributed by atoms with Crippen molar-refractivity contribution < 1.29 is 0 Å². The number of hydrogen-bond acceptors (Lipinski definition) is 1. The molecule has 0 saturated carbocycles. The van der Waals surface area contributed by atoms with Crippen molar-refractivity contribution in [3.8, 4) is 0 Å². The second kappa shape index (κ2) is 3.19. The molecular weight excluding hydrogens is 214 g/mol. The summed E-state index contributed by atoms with van der Waals surface area (Å²) in [5, 5.41) is 3.39. The number of aryl methyl sites for hydroxylation is 1. The summed E-state index contributed by atoms with van der Waals surface area (Å²) < 4.78 is 1.20. The van der Waals surface area contributed by atoms with Gasteiger partial charge < -0.3 is 5.32 Å². The maximum atomic E-state index is 3.50. The van der Waals surface area contributed by atoms with Crippen LogP contribution in [0.1, 0.15) is 23.6 Å². The molecule has 2 rings (SSSR count). The van der Waals surface area contributed by atoms with Crippen LogP contribution in [0.5, 0.6) is 0 Å². The average molecular weight is 226 g/mol. The highest BCUT2D eigenvalue weighted by molar-refractivity contribution is 9.10. The van der Waals surface area contributed by atoms with Crippen LogP contribution in [0.4, 0.5) is 0 Å². The van der Waals surface area contributed by atoms with Crippen molar-refractivity contribution in [3.05, 3.63) is 33.8 Å². The van der Waals surface area contributed by atoms with Gasteiger partial charge in [0.2, 0.25) is 0 Å². The van der Waals surface area contributed by atoms with Crippen LogP contribution < -0.4 is 5.32 Å². The van der Waals surface area contributed by atoms with Crippen molar-refractivity contribution in [2.45, 2.75) is 19.4 Å². The van der Waals surface area contributed by atoms with Gasteiger partial charge in [-0.25, -0.2) is 0 Å². The highest BCUT2D eigenvalue weighted by Gasteiger charge is 2.18. The summed E-state index contributed by atoms with van der Waals surface area (Å²) >= 11 is 3.50. The fraction of sp³-hybridized carbons (Fsp3) is 0.400. The summed E-state index contributed by atoms with van der Waals surface area (Å²) in [6.07, 6.45) is 1.28. The Hall–Kier alpha value is -0.340. The van der Waals surface area contributed by atoms with E-state index in [0.717, 1.165) is 0 Å². The van der Waals surface area contributed by atoms with Crippen LogP contribution in [-0.2, 0) is 0 Å². The Bertz CT molecular complexity index is 292. The minimum Gasteiger partial charge on any atom is -0.310 e. The van der Waals surface area contributed by atoms with Crippen LogP contribution in [0, 0.1) is 6.92 Å². The fourth-order valence-corrected chi connectivity index (χ4v) is 1.70. The number of halogens is 1. The molecule has 1 atom stereocenters. The van der Waals surface area contributed by atoms with E-state index in [1.54, 1.807) is 0 Å². The quantitative estimate of drug-likeness (QED) is 0.776. The Morgan fingerprint density at radius 3 is 2.75 bits per heavy atom. The number of rotatable bonds is 1. The van der Waals surface area contributed by atoms with Gasteiger partial charge in [-0.2, -0.15) is 0 Å². The lowest BCUT2D eigenvalue weighted by atomic mass is 9.97. The molecule has 1 aromatic rings. The van der Waals surface area contributed by atoms with Gasteiger partial charge in [0, 0.05) is 10.5 Å². The molecule has 1 aliphatic heterocycles. The molecule has 0 aliphatic carbocycles. The lowest BCUT2D eigenvalue weighted by Crippen LogP contribution is -2.34. The van der Waals surface area contributed by atoms with Crippen LogP contribution in [0.3, 0.4) is 0 Å². The molecule has 0 amide bonds. The first-order valence-electron chi connectivity index (χ1n) is 4.27. The Labute approximate surface area is 81.3 Å². The maximum absolute atomic E-state index is 3.50. The Kier molecular flexibility index (Phi) is 2.20. The first-order valence-corrected chi connectivity index (χ1v) is 5.06. The zero-order valence-corrected chi connectivity index (χ0v) is 8.69. The van der Waals surface area contributed by atoms with Gasteiger partial charge in [0.15, 0.2) is 0 Å². The topological polar surface area (TPSA) is 12.0 Å². The van der Waals surface area contributed by atoms with Crippen molar-refractivity contribution in [1.29, 1.82) is 0 Å². The largest absolute Gasteiger partial charge is 0.310 e. The van der Waals surface area contributed by atoms with E-state index < -0.39 is 0 Å². The van der Waals surface area contributed by atoms with Gasteiger partial charge in [0.1, 0.15) is 0 Å².